The first kappa shape index (κ1) is 14.3. The van der Waals surface area contributed by atoms with Gasteiger partial charge >= 0.3 is 0 Å². The molecule has 4 rings (SSSR count). The van der Waals surface area contributed by atoms with Crippen LogP contribution in [0.5, 0.6) is 5.75 Å². The number of nitrogens with zero attached hydrogens (tertiary/aromatic N) is 2. The first-order valence-electron chi connectivity index (χ1n) is 7.69. The molecule has 1 amide bonds. The van der Waals surface area contributed by atoms with Gasteiger partial charge in [-0.2, -0.15) is 0 Å². The van der Waals surface area contributed by atoms with Crippen LogP contribution in [0.15, 0.2) is 36.0 Å². The molecule has 0 radical (unpaired) electrons. The van der Waals surface area contributed by atoms with Crippen LogP contribution < -0.4 is 10.1 Å². The predicted octanol–water partition coefficient (Wildman–Crippen LogP) is 3.21. The lowest BCUT2D eigenvalue weighted by atomic mass is 10.0. The molecule has 1 N–H and O–H groups in total. The van der Waals surface area contributed by atoms with Crippen LogP contribution in [0.4, 0.5) is 0 Å². The molecule has 0 fully saturated rings. The normalized spacial score (nSPS) is 15.0. The molecule has 2 aromatic heterocycles. The molecular weight excluding hydrogens is 310 g/mol. The van der Waals surface area contributed by atoms with Gasteiger partial charge in [0.05, 0.1) is 18.3 Å². The van der Waals surface area contributed by atoms with Crippen LogP contribution in [0.3, 0.4) is 0 Å². The highest BCUT2D eigenvalue weighted by Crippen LogP contribution is 2.26. The molecule has 0 saturated heterocycles. The quantitative estimate of drug-likeness (QED) is 0.803. The second-order valence-electron chi connectivity index (χ2n) is 5.73. The molecule has 1 aliphatic rings. The third-order valence-electron chi connectivity index (χ3n) is 4.07. The van der Waals surface area contributed by atoms with E-state index in [1.165, 1.54) is 0 Å². The van der Waals surface area contributed by atoms with Gasteiger partial charge in [-0.25, -0.2) is 4.98 Å². The summed E-state index contributed by atoms with van der Waals surface area (Å²) in [5, 5.41) is 5.01. The smallest absolute Gasteiger partial charge is 0.251 e. The average molecular weight is 327 g/mol. The number of aryl methyl sites for hydroxylation is 1. The van der Waals surface area contributed by atoms with Gasteiger partial charge in [-0.15, -0.1) is 11.3 Å². The summed E-state index contributed by atoms with van der Waals surface area (Å²) in [4.78, 5) is 18.0. The Morgan fingerprint density at radius 3 is 3.26 bits per heavy atom. The number of rotatable bonds is 3. The number of amides is 1. The van der Waals surface area contributed by atoms with Crippen molar-refractivity contribution in [3.05, 3.63) is 52.8 Å². The summed E-state index contributed by atoms with van der Waals surface area (Å²) in [7, 11) is 0. The van der Waals surface area contributed by atoms with E-state index in [9.17, 15) is 4.79 Å². The van der Waals surface area contributed by atoms with E-state index in [-0.39, 0.29) is 11.9 Å². The minimum Gasteiger partial charge on any atom is -0.493 e. The molecule has 1 unspecified atom stereocenters. The van der Waals surface area contributed by atoms with Crippen molar-refractivity contribution in [1.29, 1.82) is 0 Å². The lowest BCUT2D eigenvalue weighted by molar-refractivity contribution is 0.0939. The number of aromatic nitrogens is 2. The zero-order valence-corrected chi connectivity index (χ0v) is 13.6. The van der Waals surface area contributed by atoms with E-state index in [0.717, 1.165) is 41.4 Å². The number of carbonyl (C=O) groups is 1. The molecule has 5 nitrogen and oxygen atoms in total. The van der Waals surface area contributed by atoms with Crippen molar-refractivity contribution < 1.29 is 9.53 Å². The number of hydrogen-bond donors (Lipinski definition) is 1. The van der Waals surface area contributed by atoms with Crippen molar-refractivity contribution in [2.75, 3.05) is 6.61 Å². The lowest BCUT2D eigenvalue weighted by Crippen LogP contribution is -2.27. The maximum absolute atomic E-state index is 12.5. The Balaban J connectivity index is 1.51. The first-order valence-corrected chi connectivity index (χ1v) is 8.57. The molecule has 1 atom stereocenters. The van der Waals surface area contributed by atoms with Crippen molar-refractivity contribution in [1.82, 2.24) is 14.7 Å². The molecule has 1 aromatic carbocycles. The maximum atomic E-state index is 12.5. The number of fused-ring (bicyclic) bond motifs is 2. The SMILES string of the molecule is CC(NC(=O)c1ccc2c(c1)CCCO2)c1cn2ccsc2n1. The van der Waals surface area contributed by atoms with Crippen molar-refractivity contribution >= 4 is 22.2 Å². The van der Waals surface area contributed by atoms with Gasteiger partial charge in [0.25, 0.3) is 5.91 Å². The van der Waals surface area contributed by atoms with Crippen LogP contribution in [0.25, 0.3) is 4.96 Å². The summed E-state index contributed by atoms with van der Waals surface area (Å²) >= 11 is 1.58. The van der Waals surface area contributed by atoms with Gasteiger partial charge in [0, 0.05) is 23.3 Å². The molecule has 0 spiro atoms. The lowest BCUT2D eigenvalue weighted by Gasteiger charge is -2.18. The average Bonchev–Trinajstić information content (AvgIpc) is 3.16. The van der Waals surface area contributed by atoms with Crippen LogP contribution in [0.2, 0.25) is 0 Å². The standard InChI is InChI=1S/C17H17N3O2S/c1-11(14-10-20-6-8-23-17(20)19-14)18-16(21)13-4-5-15-12(9-13)3-2-7-22-15/h4-6,8-11H,2-3,7H2,1H3,(H,18,21). The molecule has 3 heterocycles. The van der Waals surface area contributed by atoms with Crippen LogP contribution in [0, 0.1) is 0 Å². The Morgan fingerprint density at radius 2 is 2.39 bits per heavy atom. The summed E-state index contributed by atoms with van der Waals surface area (Å²) in [6.07, 6.45) is 5.88. The predicted molar refractivity (Wildman–Crippen MR) is 89.2 cm³/mol. The largest absolute Gasteiger partial charge is 0.493 e. The third-order valence-corrected chi connectivity index (χ3v) is 4.84. The van der Waals surface area contributed by atoms with Gasteiger partial charge in [0.15, 0.2) is 4.96 Å². The second kappa shape index (κ2) is 5.70. The summed E-state index contributed by atoms with van der Waals surface area (Å²) < 4.78 is 7.56. The minimum atomic E-state index is -0.137. The molecule has 0 saturated carbocycles. The van der Waals surface area contributed by atoms with E-state index in [2.05, 4.69) is 10.3 Å². The highest BCUT2D eigenvalue weighted by molar-refractivity contribution is 7.15. The van der Waals surface area contributed by atoms with E-state index in [4.69, 9.17) is 4.74 Å². The number of thiazole rings is 1. The van der Waals surface area contributed by atoms with Crippen molar-refractivity contribution in [3.8, 4) is 5.75 Å². The fraction of sp³-hybridized carbons (Fsp3) is 0.294. The van der Waals surface area contributed by atoms with Crippen molar-refractivity contribution in [2.45, 2.75) is 25.8 Å². The van der Waals surface area contributed by atoms with Gasteiger partial charge < -0.3 is 10.1 Å². The minimum absolute atomic E-state index is 0.0813. The summed E-state index contributed by atoms with van der Waals surface area (Å²) in [6.45, 7) is 2.71. The summed E-state index contributed by atoms with van der Waals surface area (Å²) in [5.41, 5.74) is 2.65. The number of nitrogens with one attached hydrogen (secondary N) is 1. The Bertz CT molecular complexity index is 839. The summed E-state index contributed by atoms with van der Waals surface area (Å²) in [5.74, 6) is 0.817. The van der Waals surface area contributed by atoms with Gasteiger partial charge in [0.1, 0.15) is 5.75 Å². The number of carbonyl (C=O) groups excluding carboxylic acids is 1. The van der Waals surface area contributed by atoms with E-state index < -0.39 is 0 Å². The van der Waals surface area contributed by atoms with Crippen molar-refractivity contribution in [2.24, 2.45) is 0 Å². The van der Waals surface area contributed by atoms with E-state index in [1.54, 1.807) is 11.3 Å². The highest BCUT2D eigenvalue weighted by atomic mass is 32.1. The number of imidazole rings is 1. The molecule has 0 bridgehead atoms. The molecule has 6 heteroatoms. The van der Waals surface area contributed by atoms with Crippen LogP contribution in [-0.4, -0.2) is 21.9 Å². The molecule has 1 aliphatic heterocycles. The second-order valence-corrected chi connectivity index (χ2v) is 6.60. The summed E-state index contributed by atoms with van der Waals surface area (Å²) in [6, 6.07) is 5.50. The van der Waals surface area contributed by atoms with Crippen molar-refractivity contribution in [3.63, 3.8) is 0 Å². The third kappa shape index (κ3) is 2.70. The molecule has 0 aliphatic carbocycles. The zero-order valence-electron chi connectivity index (χ0n) is 12.8. The van der Waals surface area contributed by atoms with E-state index in [1.807, 2.05) is 47.3 Å². The van der Waals surface area contributed by atoms with Gasteiger partial charge in [-0.1, -0.05) is 0 Å². The number of ether oxygens (including phenoxy) is 1. The Kier molecular flexibility index (Phi) is 3.53. The van der Waals surface area contributed by atoms with E-state index >= 15 is 0 Å². The Labute approximate surface area is 137 Å². The number of hydrogen-bond acceptors (Lipinski definition) is 4. The topological polar surface area (TPSA) is 55.6 Å². The first-order chi connectivity index (χ1) is 11.2. The molecule has 3 aromatic rings. The molecular formula is C17H17N3O2S. The number of benzene rings is 1. The molecule has 118 valence electrons. The van der Waals surface area contributed by atoms with Gasteiger partial charge in [-0.05, 0) is 43.5 Å². The monoisotopic (exact) mass is 327 g/mol. The van der Waals surface area contributed by atoms with E-state index in [0.29, 0.717) is 5.56 Å². The van der Waals surface area contributed by atoms with Gasteiger partial charge in [0.2, 0.25) is 0 Å². The Hall–Kier alpha value is -2.34. The zero-order chi connectivity index (χ0) is 15.8. The van der Waals surface area contributed by atoms with Crippen LogP contribution in [-0.2, 0) is 6.42 Å². The molecule has 23 heavy (non-hydrogen) atoms. The maximum Gasteiger partial charge on any atom is 0.251 e. The van der Waals surface area contributed by atoms with Crippen LogP contribution in [0.1, 0.15) is 41.0 Å². The van der Waals surface area contributed by atoms with Crippen LogP contribution >= 0.6 is 11.3 Å². The fourth-order valence-electron chi connectivity index (χ4n) is 2.81. The van der Waals surface area contributed by atoms with Gasteiger partial charge in [-0.3, -0.25) is 9.20 Å². The highest BCUT2D eigenvalue weighted by Gasteiger charge is 2.17. The fourth-order valence-corrected chi connectivity index (χ4v) is 3.52. The Morgan fingerprint density at radius 1 is 1.48 bits per heavy atom.